The minimum atomic E-state index is 0.0305. The number of nitrogens with one attached hydrogen (secondary N) is 1. The summed E-state index contributed by atoms with van der Waals surface area (Å²) in [7, 11) is 3.55. The summed E-state index contributed by atoms with van der Waals surface area (Å²) in [5.41, 5.74) is 2.14. The highest BCUT2D eigenvalue weighted by molar-refractivity contribution is 7.17. The number of amides is 1. The number of likely N-dealkylation sites (N-methyl/N-ethyl adjacent to an activating group) is 1. The number of methoxy groups -OCH3 is 1. The number of nitrogens with zero attached hydrogens (tertiary/aromatic N) is 3. The van der Waals surface area contributed by atoms with Crippen LogP contribution in [0.3, 0.4) is 0 Å². The van der Waals surface area contributed by atoms with Gasteiger partial charge in [0, 0.05) is 24.0 Å². The SMILES string of the molecule is COc1ccc(-c2csc3ncnc(N(C)CC(=O)NC4CC4)c23)cc1. The Bertz CT molecular complexity index is 934. The molecule has 0 spiro atoms. The fraction of sp³-hybridized carbons (Fsp3) is 0.316. The Morgan fingerprint density at radius 2 is 2.08 bits per heavy atom. The molecule has 0 saturated heterocycles. The lowest BCUT2D eigenvalue weighted by Gasteiger charge is -2.19. The standard InChI is InChI=1S/C19H20N4O2S/c1-23(9-16(24)22-13-5-6-13)18-17-15(10-26-19(17)21-11-20-18)12-3-7-14(25-2)8-4-12/h3-4,7-8,10-11,13H,5-6,9H2,1-2H3,(H,22,24). The zero-order valence-electron chi connectivity index (χ0n) is 14.7. The van der Waals surface area contributed by atoms with Crippen LogP contribution in [0, 0.1) is 0 Å². The van der Waals surface area contributed by atoms with Crippen molar-refractivity contribution < 1.29 is 9.53 Å². The van der Waals surface area contributed by atoms with Crippen molar-refractivity contribution in [1.29, 1.82) is 0 Å². The van der Waals surface area contributed by atoms with E-state index in [9.17, 15) is 4.79 Å². The number of hydrogen-bond acceptors (Lipinski definition) is 6. The van der Waals surface area contributed by atoms with Crippen LogP contribution in [-0.2, 0) is 4.79 Å². The van der Waals surface area contributed by atoms with Crippen molar-refractivity contribution in [1.82, 2.24) is 15.3 Å². The molecule has 3 aromatic rings. The fourth-order valence-corrected chi connectivity index (χ4v) is 3.83. The molecule has 0 bridgehead atoms. The summed E-state index contributed by atoms with van der Waals surface area (Å²) in [6.07, 6.45) is 3.72. The predicted molar refractivity (Wildman–Crippen MR) is 104 cm³/mol. The highest BCUT2D eigenvalue weighted by atomic mass is 32.1. The van der Waals surface area contributed by atoms with E-state index in [1.807, 2.05) is 36.2 Å². The summed E-state index contributed by atoms with van der Waals surface area (Å²) in [6.45, 7) is 0.278. The van der Waals surface area contributed by atoms with Gasteiger partial charge < -0.3 is 15.0 Å². The van der Waals surface area contributed by atoms with Crippen LogP contribution in [0.1, 0.15) is 12.8 Å². The van der Waals surface area contributed by atoms with E-state index >= 15 is 0 Å². The number of anilines is 1. The number of ether oxygens (including phenoxy) is 1. The van der Waals surface area contributed by atoms with Crippen LogP contribution < -0.4 is 15.0 Å². The van der Waals surface area contributed by atoms with Gasteiger partial charge in [-0.05, 0) is 30.5 Å². The van der Waals surface area contributed by atoms with Gasteiger partial charge in [-0.3, -0.25) is 4.79 Å². The van der Waals surface area contributed by atoms with E-state index in [1.165, 1.54) is 0 Å². The molecule has 6 nitrogen and oxygen atoms in total. The molecule has 1 fully saturated rings. The molecular weight excluding hydrogens is 348 g/mol. The quantitative estimate of drug-likeness (QED) is 0.724. The van der Waals surface area contributed by atoms with Crippen molar-refractivity contribution in [2.75, 3.05) is 25.6 Å². The average Bonchev–Trinajstić information content (AvgIpc) is 3.36. The fourth-order valence-electron chi connectivity index (χ4n) is 2.92. The lowest BCUT2D eigenvalue weighted by molar-refractivity contribution is -0.119. The Morgan fingerprint density at radius 1 is 1.31 bits per heavy atom. The third kappa shape index (κ3) is 3.35. The first kappa shape index (κ1) is 16.8. The van der Waals surface area contributed by atoms with Gasteiger partial charge in [0.2, 0.25) is 5.91 Å². The lowest BCUT2D eigenvalue weighted by Crippen LogP contribution is -2.36. The number of benzene rings is 1. The van der Waals surface area contributed by atoms with Crippen molar-refractivity contribution in [2.45, 2.75) is 18.9 Å². The summed E-state index contributed by atoms with van der Waals surface area (Å²) >= 11 is 1.58. The van der Waals surface area contributed by atoms with Crippen LogP contribution >= 0.6 is 11.3 Å². The number of fused-ring (bicyclic) bond motifs is 1. The van der Waals surface area contributed by atoms with E-state index in [0.29, 0.717) is 6.04 Å². The molecule has 1 N–H and O–H groups in total. The summed E-state index contributed by atoms with van der Waals surface area (Å²) in [4.78, 5) is 23.8. The zero-order valence-corrected chi connectivity index (χ0v) is 15.5. The summed E-state index contributed by atoms with van der Waals surface area (Å²) in [5.74, 6) is 1.62. The van der Waals surface area contributed by atoms with Crippen LogP contribution in [0.2, 0.25) is 0 Å². The van der Waals surface area contributed by atoms with Gasteiger partial charge in [0.15, 0.2) is 0 Å². The minimum absolute atomic E-state index is 0.0305. The van der Waals surface area contributed by atoms with Crippen molar-refractivity contribution in [3.05, 3.63) is 36.0 Å². The van der Waals surface area contributed by atoms with Gasteiger partial charge >= 0.3 is 0 Å². The van der Waals surface area contributed by atoms with Gasteiger partial charge in [-0.2, -0.15) is 0 Å². The predicted octanol–water partition coefficient (Wildman–Crippen LogP) is 3.08. The topological polar surface area (TPSA) is 67.4 Å². The van der Waals surface area contributed by atoms with Crippen LogP contribution in [0.25, 0.3) is 21.3 Å². The summed E-state index contributed by atoms with van der Waals surface area (Å²) in [6, 6.07) is 8.29. The van der Waals surface area contributed by atoms with E-state index in [1.54, 1.807) is 24.8 Å². The molecule has 0 aliphatic heterocycles. The highest BCUT2D eigenvalue weighted by Gasteiger charge is 2.24. The van der Waals surface area contributed by atoms with Gasteiger partial charge in [0.05, 0.1) is 19.0 Å². The third-order valence-corrected chi connectivity index (χ3v) is 5.32. The van der Waals surface area contributed by atoms with Crippen molar-refractivity contribution in [3.63, 3.8) is 0 Å². The number of hydrogen-bond donors (Lipinski definition) is 1. The molecule has 1 aliphatic rings. The second-order valence-corrected chi connectivity index (χ2v) is 7.31. The van der Waals surface area contributed by atoms with E-state index in [0.717, 1.165) is 45.8 Å². The van der Waals surface area contributed by atoms with Crippen molar-refractivity contribution in [3.8, 4) is 16.9 Å². The Labute approximate surface area is 155 Å². The number of thiophene rings is 1. The summed E-state index contributed by atoms with van der Waals surface area (Å²) < 4.78 is 5.24. The minimum Gasteiger partial charge on any atom is -0.497 e. The van der Waals surface area contributed by atoms with E-state index in [2.05, 4.69) is 20.7 Å². The third-order valence-electron chi connectivity index (χ3n) is 4.44. The number of carbonyl (C=O) groups is 1. The molecule has 134 valence electrons. The van der Waals surface area contributed by atoms with Gasteiger partial charge in [-0.15, -0.1) is 11.3 Å². The largest absolute Gasteiger partial charge is 0.497 e. The molecule has 1 saturated carbocycles. The van der Waals surface area contributed by atoms with Gasteiger partial charge in [-0.25, -0.2) is 9.97 Å². The Hall–Kier alpha value is -2.67. The van der Waals surface area contributed by atoms with Crippen molar-refractivity contribution >= 4 is 33.3 Å². The lowest BCUT2D eigenvalue weighted by atomic mass is 10.1. The first-order valence-corrected chi connectivity index (χ1v) is 9.41. The number of carbonyl (C=O) groups excluding carboxylic acids is 1. The average molecular weight is 368 g/mol. The number of aromatic nitrogens is 2. The van der Waals surface area contributed by atoms with E-state index < -0.39 is 0 Å². The second-order valence-electron chi connectivity index (χ2n) is 6.45. The van der Waals surface area contributed by atoms with E-state index in [4.69, 9.17) is 4.74 Å². The smallest absolute Gasteiger partial charge is 0.239 e. The Balaban J connectivity index is 1.67. The highest BCUT2D eigenvalue weighted by Crippen LogP contribution is 2.38. The molecule has 0 radical (unpaired) electrons. The van der Waals surface area contributed by atoms with E-state index in [-0.39, 0.29) is 12.5 Å². The maximum atomic E-state index is 12.2. The monoisotopic (exact) mass is 368 g/mol. The van der Waals surface area contributed by atoms with Gasteiger partial charge in [-0.1, -0.05) is 12.1 Å². The van der Waals surface area contributed by atoms with Crippen LogP contribution in [0.15, 0.2) is 36.0 Å². The zero-order chi connectivity index (χ0) is 18.1. The molecule has 4 rings (SSSR count). The molecule has 26 heavy (non-hydrogen) atoms. The van der Waals surface area contributed by atoms with Gasteiger partial charge in [0.25, 0.3) is 0 Å². The molecule has 2 heterocycles. The number of rotatable bonds is 6. The van der Waals surface area contributed by atoms with Crippen LogP contribution in [0.4, 0.5) is 5.82 Å². The van der Waals surface area contributed by atoms with Gasteiger partial charge in [0.1, 0.15) is 22.7 Å². The molecule has 0 atom stereocenters. The molecule has 0 unspecified atom stereocenters. The molecule has 1 aliphatic carbocycles. The maximum absolute atomic E-state index is 12.2. The van der Waals surface area contributed by atoms with Crippen molar-refractivity contribution in [2.24, 2.45) is 0 Å². The summed E-state index contributed by atoms with van der Waals surface area (Å²) in [5, 5.41) is 6.08. The van der Waals surface area contributed by atoms with Crippen LogP contribution in [-0.4, -0.2) is 42.6 Å². The normalized spacial score (nSPS) is 13.6. The molecule has 1 aromatic carbocycles. The first-order chi connectivity index (χ1) is 12.7. The molecular formula is C19H20N4O2S. The first-order valence-electron chi connectivity index (χ1n) is 8.53. The Morgan fingerprint density at radius 3 is 2.77 bits per heavy atom. The maximum Gasteiger partial charge on any atom is 0.239 e. The van der Waals surface area contributed by atoms with Crippen LogP contribution in [0.5, 0.6) is 5.75 Å². The molecule has 7 heteroatoms. The second kappa shape index (κ2) is 6.92. The molecule has 2 aromatic heterocycles. The molecule has 1 amide bonds. The Kier molecular flexibility index (Phi) is 4.46.